The number of carbonyl (C=O) groups is 1. The Balaban J connectivity index is 2.45. The molecule has 0 fully saturated rings. The van der Waals surface area contributed by atoms with Gasteiger partial charge in [0.25, 0.3) is 0 Å². The van der Waals surface area contributed by atoms with Crippen molar-refractivity contribution in [3.8, 4) is 16.9 Å². The number of aliphatic carboxylic acids is 1. The molecular formula is C23H23F3O4. The third-order valence-corrected chi connectivity index (χ3v) is 4.33. The maximum absolute atomic E-state index is 13.7. The van der Waals surface area contributed by atoms with Gasteiger partial charge in [-0.3, -0.25) is 0 Å². The third kappa shape index (κ3) is 5.89. The summed E-state index contributed by atoms with van der Waals surface area (Å²) in [5, 5.41) is 18.8. The number of carboxylic acids is 1. The summed E-state index contributed by atoms with van der Waals surface area (Å²) in [5.74, 6) is -1.32. The Morgan fingerprint density at radius 1 is 1.13 bits per heavy atom. The number of aliphatic hydroxyl groups excluding tert-OH is 1. The Morgan fingerprint density at radius 3 is 2.47 bits per heavy atom. The van der Waals surface area contributed by atoms with Crippen LogP contribution in [-0.2, 0) is 17.4 Å². The Bertz CT molecular complexity index is 959. The second kappa shape index (κ2) is 10.0. The topological polar surface area (TPSA) is 66.8 Å². The molecule has 0 aromatic heterocycles. The van der Waals surface area contributed by atoms with Gasteiger partial charge in [-0.1, -0.05) is 37.3 Å². The van der Waals surface area contributed by atoms with Crippen molar-refractivity contribution < 1.29 is 32.9 Å². The van der Waals surface area contributed by atoms with Gasteiger partial charge in [0.1, 0.15) is 11.5 Å². The van der Waals surface area contributed by atoms with Crippen LogP contribution in [0.3, 0.4) is 0 Å². The number of carboxylic acid groups (broad SMARTS) is 1. The van der Waals surface area contributed by atoms with Crippen LogP contribution in [0.5, 0.6) is 5.75 Å². The van der Waals surface area contributed by atoms with Gasteiger partial charge in [-0.2, -0.15) is 13.2 Å². The van der Waals surface area contributed by atoms with E-state index < -0.39 is 23.5 Å². The molecule has 2 rings (SSSR count). The van der Waals surface area contributed by atoms with Gasteiger partial charge in [0, 0.05) is 0 Å². The molecule has 0 atom stereocenters. The highest BCUT2D eigenvalue weighted by molar-refractivity contribution is 5.90. The van der Waals surface area contributed by atoms with Gasteiger partial charge in [-0.15, -0.1) is 0 Å². The number of hydrogen-bond acceptors (Lipinski definition) is 3. The maximum Gasteiger partial charge on any atom is 0.417 e. The van der Waals surface area contributed by atoms with Crippen LogP contribution in [0.2, 0.25) is 0 Å². The lowest BCUT2D eigenvalue weighted by molar-refractivity contribution is -0.137. The van der Waals surface area contributed by atoms with Gasteiger partial charge in [-0.05, 0) is 60.7 Å². The molecule has 0 aliphatic heterocycles. The zero-order valence-electron chi connectivity index (χ0n) is 16.7. The molecule has 0 bridgehead atoms. The second-order valence-corrected chi connectivity index (χ2v) is 6.55. The van der Waals surface area contributed by atoms with Crippen molar-refractivity contribution in [1.29, 1.82) is 0 Å². The quantitative estimate of drug-likeness (QED) is 0.304. The zero-order chi connectivity index (χ0) is 22.3. The van der Waals surface area contributed by atoms with Crippen molar-refractivity contribution >= 4 is 5.97 Å². The van der Waals surface area contributed by atoms with Crippen molar-refractivity contribution in [2.24, 2.45) is 0 Å². The highest BCUT2D eigenvalue weighted by atomic mass is 19.4. The molecule has 0 aliphatic carbocycles. The summed E-state index contributed by atoms with van der Waals surface area (Å²) < 4.78 is 46.7. The molecule has 30 heavy (non-hydrogen) atoms. The van der Waals surface area contributed by atoms with Crippen LogP contribution in [-0.4, -0.2) is 22.8 Å². The van der Waals surface area contributed by atoms with Crippen LogP contribution in [0, 0.1) is 0 Å². The number of aliphatic hydroxyl groups is 1. The Hall–Kier alpha value is -3.22. The first-order valence-electron chi connectivity index (χ1n) is 9.39. The lowest BCUT2D eigenvalue weighted by Gasteiger charge is -2.15. The van der Waals surface area contributed by atoms with Crippen molar-refractivity contribution in [2.45, 2.75) is 32.9 Å². The fraction of sp³-hybridized carbons (Fsp3) is 0.261. The second-order valence-electron chi connectivity index (χ2n) is 6.55. The van der Waals surface area contributed by atoms with Crippen LogP contribution in [0.1, 0.15) is 31.4 Å². The molecule has 0 amide bonds. The largest absolute Gasteiger partial charge is 0.507 e. The van der Waals surface area contributed by atoms with E-state index in [1.165, 1.54) is 31.2 Å². The normalized spacial score (nSPS) is 12.7. The van der Waals surface area contributed by atoms with E-state index in [1.54, 1.807) is 24.3 Å². The predicted molar refractivity (Wildman–Crippen MR) is 108 cm³/mol. The van der Waals surface area contributed by atoms with Crippen LogP contribution in [0.25, 0.3) is 11.1 Å². The van der Waals surface area contributed by atoms with E-state index in [4.69, 9.17) is 9.84 Å². The average Bonchev–Trinajstić information content (AvgIpc) is 2.71. The Morgan fingerprint density at radius 2 is 1.87 bits per heavy atom. The molecule has 4 nitrogen and oxygen atoms in total. The molecule has 2 N–H and O–H groups in total. The highest BCUT2D eigenvalue weighted by Gasteiger charge is 2.34. The number of hydrogen-bond donors (Lipinski definition) is 2. The lowest BCUT2D eigenvalue weighted by Crippen LogP contribution is -2.08. The number of ether oxygens (including phenoxy) is 1. The molecule has 0 saturated carbocycles. The summed E-state index contributed by atoms with van der Waals surface area (Å²) in [6, 6.07) is 10.3. The van der Waals surface area contributed by atoms with E-state index in [1.807, 2.05) is 6.92 Å². The average molecular weight is 420 g/mol. The fourth-order valence-electron chi connectivity index (χ4n) is 2.85. The molecular weight excluding hydrogens is 397 g/mol. The number of halogens is 3. The van der Waals surface area contributed by atoms with Crippen molar-refractivity contribution in [2.75, 3.05) is 6.61 Å². The summed E-state index contributed by atoms with van der Waals surface area (Å²) in [7, 11) is 0. The fourth-order valence-corrected chi connectivity index (χ4v) is 2.85. The molecule has 2 aromatic rings. The first-order valence-corrected chi connectivity index (χ1v) is 9.39. The monoisotopic (exact) mass is 420 g/mol. The van der Waals surface area contributed by atoms with Crippen molar-refractivity contribution in [3.63, 3.8) is 0 Å². The first-order chi connectivity index (χ1) is 14.2. The lowest BCUT2D eigenvalue weighted by atomic mass is 9.95. The van der Waals surface area contributed by atoms with Crippen molar-refractivity contribution in [1.82, 2.24) is 0 Å². The number of benzene rings is 2. The smallest absolute Gasteiger partial charge is 0.417 e. The molecule has 0 heterocycles. The minimum atomic E-state index is -4.60. The standard InChI is InChI=1S/C23H23F3O4/c1-3-12-30-17-7-5-6-16(14-17)18-10-8-15(13-20(18)23(24,25)26)9-11-19(22(28)29)21(27)4-2/h4-8,10-11,13-14,27H,3,9,12H2,1-2H3,(H,28,29)/b19-11+,21-4+. The van der Waals surface area contributed by atoms with E-state index in [0.717, 1.165) is 12.5 Å². The summed E-state index contributed by atoms with van der Waals surface area (Å²) in [5.41, 5.74) is -0.543. The van der Waals surface area contributed by atoms with Crippen LogP contribution >= 0.6 is 0 Å². The van der Waals surface area contributed by atoms with Gasteiger partial charge in [-0.25, -0.2) is 4.79 Å². The van der Waals surface area contributed by atoms with Gasteiger partial charge < -0.3 is 14.9 Å². The maximum atomic E-state index is 13.7. The molecule has 7 heteroatoms. The Kier molecular flexibility index (Phi) is 7.69. The summed E-state index contributed by atoms with van der Waals surface area (Å²) in [6.07, 6.45) is -1.51. The van der Waals surface area contributed by atoms with Gasteiger partial charge in [0.05, 0.1) is 17.7 Å². The molecule has 0 unspecified atom stereocenters. The molecule has 0 aliphatic rings. The van der Waals surface area contributed by atoms with Crippen LogP contribution < -0.4 is 4.74 Å². The summed E-state index contributed by atoms with van der Waals surface area (Å²) in [6.45, 7) is 3.86. The molecule has 0 saturated heterocycles. The van der Waals surface area contributed by atoms with Gasteiger partial charge in [0.2, 0.25) is 0 Å². The Labute approximate surface area is 172 Å². The van der Waals surface area contributed by atoms with Crippen LogP contribution in [0.15, 0.2) is 65.9 Å². The predicted octanol–water partition coefficient (Wildman–Crippen LogP) is 6.18. The van der Waals surface area contributed by atoms with Gasteiger partial charge in [0.15, 0.2) is 0 Å². The number of rotatable bonds is 8. The number of allylic oxidation sites excluding steroid dienone is 2. The van der Waals surface area contributed by atoms with E-state index in [-0.39, 0.29) is 23.1 Å². The first kappa shape index (κ1) is 23.1. The van der Waals surface area contributed by atoms with Crippen LogP contribution in [0.4, 0.5) is 13.2 Å². The van der Waals surface area contributed by atoms with E-state index in [9.17, 15) is 23.1 Å². The molecule has 160 valence electrons. The summed E-state index contributed by atoms with van der Waals surface area (Å²) >= 11 is 0. The SMILES string of the molecule is C/C=C(O)\C(=C/Cc1ccc(-c2cccc(OCCC)c2)c(C(F)(F)F)c1)C(=O)O. The molecule has 0 radical (unpaired) electrons. The third-order valence-electron chi connectivity index (χ3n) is 4.33. The van der Waals surface area contributed by atoms with Crippen molar-refractivity contribution in [3.05, 3.63) is 77.1 Å². The number of alkyl halides is 3. The summed E-state index contributed by atoms with van der Waals surface area (Å²) in [4.78, 5) is 11.2. The van der Waals surface area contributed by atoms with Gasteiger partial charge >= 0.3 is 12.1 Å². The zero-order valence-corrected chi connectivity index (χ0v) is 16.7. The minimum absolute atomic E-state index is 0.00642. The highest BCUT2D eigenvalue weighted by Crippen LogP contribution is 2.38. The van der Waals surface area contributed by atoms with E-state index >= 15 is 0 Å². The molecule has 2 aromatic carbocycles. The molecule has 0 spiro atoms. The van der Waals surface area contributed by atoms with E-state index in [2.05, 4.69) is 0 Å². The van der Waals surface area contributed by atoms with E-state index in [0.29, 0.717) is 17.9 Å². The minimum Gasteiger partial charge on any atom is -0.507 e.